The van der Waals surface area contributed by atoms with Crippen molar-refractivity contribution in [3.63, 3.8) is 0 Å². The Bertz CT molecular complexity index is 907. The van der Waals surface area contributed by atoms with E-state index in [4.69, 9.17) is 9.47 Å². The first kappa shape index (κ1) is 22.7. The van der Waals surface area contributed by atoms with Gasteiger partial charge in [0, 0.05) is 34.3 Å². The molecule has 0 atom stereocenters. The van der Waals surface area contributed by atoms with Crippen LogP contribution in [0.4, 0.5) is 5.82 Å². The van der Waals surface area contributed by atoms with Crippen molar-refractivity contribution in [2.24, 2.45) is 4.99 Å². The Hall–Kier alpha value is -2.63. The molecule has 0 aliphatic carbocycles. The number of imidazole rings is 1. The van der Waals surface area contributed by atoms with Crippen molar-refractivity contribution in [3.8, 4) is 17.5 Å². The summed E-state index contributed by atoms with van der Waals surface area (Å²) in [6, 6.07) is 7.15. The fourth-order valence-electron chi connectivity index (χ4n) is 2.76. The van der Waals surface area contributed by atoms with Crippen LogP contribution in [0.2, 0.25) is 25.7 Å². The van der Waals surface area contributed by atoms with E-state index in [9.17, 15) is 5.26 Å². The topological polar surface area (TPSA) is 75.7 Å². The smallest absolute Gasteiger partial charge is 0.189 e. The molecule has 0 fully saturated rings. The van der Waals surface area contributed by atoms with Crippen LogP contribution in [-0.2, 0) is 4.74 Å². The van der Waals surface area contributed by atoms with Crippen molar-refractivity contribution in [2.75, 3.05) is 27.5 Å². The second-order valence-electron chi connectivity index (χ2n) is 8.44. The van der Waals surface area contributed by atoms with Gasteiger partial charge >= 0.3 is 0 Å². The maximum Gasteiger partial charge on any atom is 0.189 e. The van der Waals surface area contributed by atoms with Crippen molar-refractivity contribution in [2.45, 2.75) is 39.5 Å². The van der Waals surface area contributed by atoms with Gasteiger partial charge in [-0.15, -0.1) is 0 Å². The van der Waals surface area contributed by atoms with Gasteiger partial charge in [0.2, 0.25) is 0 Å². The molecule has 0 aliphatic rings. The lowest BCUT2D eigenvalue weighted by Crippen LogP contribution is -2.22. The Balaban J connectivity index is 2.28. The van der Waals surface area contributed by atoms with Gasteiger partial charge in [-0.25, -0.2) is 9.98 Å². The van der Waals surface area contributed by atoms with E-state index in [1.165, 1.54) is 0 Å². The van der Waals surface area contributed by atoms with Gasteiger partial charge in [-0.2, -0.15) is 5.26 Å². The normalized spacial score (nSPS) is 11.7. The lowest BCUT2D eigenvalue weighted by atomic mass is 10.1. The second-order valence-corrected chi connectivity index (χ2v) is 14.1. The molecular formula is C21H31N5O2Si. The summed E-state index contributed by atoms with van der Waals surface area (Å²) >= 11 is 0. The van der Waals surface area contributed by atoms with Crippen LogP contribution in [0.1, 0.15) is 16.8 Å². The average Bonchev–Trinajstić information content (AvgIpc) is 3.03. The summed E-state index contributed by atoms with van der Waals surface area (Å²) in [4.78, 5) is 10.5. The molecule has 2 aromatic rings. The number of nitrogens with zero attached hydrogens (tertiary/aromatic N) is 5. The number of hydrogen-bond donors (Lipinski definition) is 0. The zero-order valence-corrected chi connectivity index (χ0v) is 19.5. The number of ether oxygens (including phenoxy) is 2. The maximum atomic E-state index is 9.41. The summed E-state index contributed by atoms with van der Waals surface area (Å²) in [5.74, 6) is 1.24. The molecule has 0 aliphatic heterocycles. The largest absolute Gasteiger partial charge is 0.467 e. The third-order valence-corrected chi connectivity index (χ3v) is 6.08. The molecule has 1 aromatic carbocycles. The van der Waals surface area contributed by atoms with E-state index in [0.29, 0.717) is 12.4 Å². The highest BCUT2D eigenvalue weighted by molar-refractivity contribution is 6.76. The minimum atomic E-state index is -1.12. The number of benzene rings is 1. The van der Waals surface area contributed by atoms with Gasteiger partial charge in [0.25, 0.3) is 0 Å². The molecule has 7 nitrogen and oxygen atoms in total. The maximum absolute atomic E-state index is 9.41. The molecule has 29 heavy (non-hydrogen) atoms. The number of aryl methyl sites for hydroxylation is 1. The SMILES string of the molecule is Cc1ccc(OCOCC[Si](C)(C)C)c(C)c1-n1cnc(C#N)c1N=CN(C)C. The summed E-state index contributed by atoms with van der Waals surface area (Å²) in [6.07, 6.45) is 3.29. The third-order valence-electron chi connectivity index (χ3n) is 4.38. The molecule has 0 radical (unpaired) electrons. The molecule has 0 spiro atoms. The minimum absolute atomic E-state index is 0.215. The van der Waals surface area contributed by atoms with E-state index in [0.717, 1.165) is 28.6 Å². The zero-order chi connectivity index (χ0) is 21.6. The Kier molecular flexibility index (Phi) is 7.59. The van der Waals surface area contributed by atoms with E-state index in [1.807, 2.05) is 49.5 Å². The van der Waals surface area contributed by atoms with Crippen LogP contribution in [-0.4, -0.2) is 56.4 Å². The summed E-state index contributed by atoms with van der Waals surface area (Å²) < 4.78 is 13.4. The number of aromatic nitrogens is 2. The molecule has 2 rings (SSSR count). The van der Waals surface area contributed by atoms with Crippen molar-refractivity contribution in [1.29, 1.82) is 5.26 Å². The van der Waals surface area contributed by atoms with Gasteiger partial charge < -0.3 is 14.4 Å². The standard InChI is InChI=1S/C21H31N5O2Si/c1-16-8-9-19(28-15-27-10-11-29(5,6)7)17(2)20(16)26-14-23-18(12-22)21(26)24-13-25(3)4/h8-9,13-14H,10-11,15H2,1-7H3. The van der Waals surface area contributed by atoms with Crippen LogP contribution in [0.25, 0.3) is 5.69 Å². The molecule has 0 unspecified atom stereocenters. The lowest BCUT2D eigenvalue weighted by molar-refractivity contribution is 0.0216. The van der Waals surface area contributed by atoms with Crippen LogP contribution < -0.4 is 4.74 Å². The molecule has 1 heterocycles. The van der Waals surface area contributed by atoms with E-state index in [2.05, 4.69) is 35.7 Å². The first-order valence-corrected chi connectivity index (χ1v) is 13.3. The van der Waals surface area contributed by atoms with Crippen LogP contribution >= 0.6 is 0 Å². The summed E-state index contributed by atoms with van der Waals surface area (Å²) in [7, 11) is 2.64. The average molecular weight is 414 g/mol. The lowest BCUT2D eigenvalue weighted by Gasteiger charge is -2.18. The molecule has 0 bridgehead atoms. The van der Waals surface area contributed by atoms with E-state index >= 15 is 0 Å². The first-order valence-electron chi connectivity index (χ1n) is 9.63. The molecule has 0 N–H and O–H groups in total. The predicted molar refractivity (Wildman–Crippen MR) is 119 cm³/mol. The predicted octanol–water partition coefficient (Wildman–Crippen LogP) is 4.27. The number of hydrogen-bond acceptors (Lipinski definition) is 5. The molecule has 156 valence electrons. The Morgan fingerprint density at radius 1 is 1.28 bits per heavy atom. The Morgan fingerprint density at radius 3 is 2.62 bits per heavy atom. The van der Waals surface area contributed by atoms with Crippen molar-refractivity contribution in [1.82, 2.24) is 14.5 Å². The first-order chi connectivity index (χ1) is 13.6. The van der Waals surface area contributed by atoms with Crippen molar-refractivity contribution in [3.05, 3.63) is 35.3 Å². The highest BCUT2D eigenvalue weighted by Crippen LogP contribution is 2.32. The van der Waals surface area contributed by atoms with E-state index in [-0.39, 0.29) is 12.5 Å². The summed E-state index contributed by atoms with van der Waals surface area (Å²) in [5, 5.41) is 9.41. The van der Waals surface area contributed by atoms with Crippen LogP contribution in [0, 0.1) is 25.2 Å². The van der Waals surface area contributed by atoms with Gasteiger partial charge in [-0.3, -0.25) is 4.57 Å². The van der Waals surface area contributed by atoms with E-state index in [1.54, 1.807) is 12.7 Å². The van der Waals surface area contributed by atoms with Gasteiger partial charge in [0.05, 0.1) is 12.0 Å². The second kappa shape index (κ2) is 9.72. The fourth-order valence-corrected chi connectivity index (χ4v) is 3.52. The molecule has 8 heteroatoms. The molecule has 0 amide bonds. The number of nitriles is 1. The fraction of sp³-hybridized carbons (Fsp3) is 0.476. The number of rotatable bonds is 9. The highest BCUT2D eigenvalue weighted by atomic mass is 28.3. The monoisotopic (exact) mass is 413 g/mol. The van der Waals surface area contributed by atoms with Gasteiger partial charge in [0.15, 0.2) is 18.3 Å². The summed E-state index contributed by atoms with van der Waals surface area (Å²) in [5.41, 5.74) is 3.17. The van der Waals surface area contributed by atoms with Crippen molar-refractivity contribution >= 4 is 20.2 Å². The van der Waals surface area contributed by atoms with Gasteiger partial charge in [-0.1, -0.05) is 25.7 Å². The van der Waals surface area contributed by atoms with Crippen molar-refractivity contribution < 1.29 is 9.47 Å². The molecule has 0 saturated heterocycles. The van der Waals surface area contributed by atoms with Crippen LogP contribution in [0.15, 0.2) is 23.5 Å². The molecular weight excluding hydrogens is 382 g/mol. The number of aliphatic imine (C=N–C) groups is 1. The van der Waals surface area contributed by atoms with E-state index < -0.39 is 8.07 Å². The minimum Gasteiger partial charge on any atom is -0.467 e. The van der Waals surface area contributed by atoms with Crippen LogP contribution in [0.3, 0.4) is 0 Å². The molecule has 1 aromatic heterocycles. The van der Waals surface area contributed by atoms with Gasteiger partial charge in [0.1, 0.15) is 18.1 Å². The third kappa shape index (κ3) is 6.17. The van der Waals surface area contributed by atoms with Gasteiger partial charge in [-0.05, 0) is 31.5 Å². The Morgan fingerprint density at radius 2 is 2.00 bits per heavy atom. The zero-order valence-electron chi connectivity index (χ0n) is 18.5. The Labute approximate surface area is 174 Å². The highest BCUT2D eigenvalue weighted by Gasteiger charge is 2.17. The quantitative estimate of drug-likeness (QED) is 0.202. The summed E-state index contributed by atoms with van der Waals surface area (Å²) in [6.45, 7) is 11.9. The van der Waals surface area contributed by atoms with Crippen LogP contribution in [0.5, 0.6) is 5.75 Å². The molecule has 0 saturated carbocycles.